The molecule has 1 saturated carbocycles. The summed E-state index contributed by atoms with van der Waals surface area (Å²) in [4.78, 5) is 30.1. The highest BCUT2D eigenvalue weighted by atomic mass is 35.5. The Kier molecular flexibility index (Phi) is 7.81. The average molecular weight is 650 g/mol. The largest absolute Gasteiger partial charge is 0.416 e. The predicted molar refractivity (Wildman–Crippen MR) is 140 cm³/mol. The van der Waals surface area contributed by atoms with Crippen molar-refractivity contribution in [1.82, 2.24) is 34.4 Å². The second kappa shape index (κ2) is 11.0. The second-order valence-electron chi connectivity index (χ2n) is 9.71. The number of benzene rings is 2. The van der Waals surface area contributed by atoms with E-state index in [2.05, 4.69) is 15.2 Å². The van der Waals surface area contributed by atoms with Gasteiger partial charge in [-0.15, -0.1) is 10.2 Å². The van der Waals surface area contributed by atoms with Gasteiger partial charge in [-0.1, -0.05) is 29.3 Å². The highest BCUT2D eigenvalue weighted by Crippen LogP contribution is 2.49. The standard InChI is InChI=1S/C25H19Cl2F6N7O3/c26-14-6-4-13(5-7-14)20-37-39(22(43)38(20)10-17(41)24(28,29)30)11-18-34-12-40(36-18)19-15(2-1-3-16(19)27)21(42)35-23(8-9-23)25(31,32)33/h1-7,12,17,41H,8-11H2,(H,35,42). The SMILES string of the molecule is O=C(NC1(C(F)(F)F)CC1)c1cccc(Cl)c1-n1cnc(Cn2nc(-c3ccc(Cl)cc3)n(CC(O)C(F)(F)F)c2=O)n1. The highest BCUT2D eigenvalue weighted by Gasteiger charge is 2.64. The van der Waals surface area contributed by atoms with E-state index in [-0.39, 0.29) is 46.3 Å². The van der Waals surface area contributed by atoms with E-state index in [1.165, 1.54) is 42.5 Å². The zero-order valence-electron chi connectivity index (χ0n) is 21.5. The lowest BCUT2D eigenvalue weighted by Gasteiger charge is -2.21. The summed E-state index contributed by atoms with van der Waals surface area (Å²) in [5.74, 6) is -1.35. The summed E-state index contributed by atoms with van der Waals surface area (Å²) in [5.41, 5.74) is -3.45. The molecule has 0 saturated heterocycles. The number of aromatic nitrogens is 6. The van der Waals surface area contributed by atoms with Crippen LogP contribution in [0.1, 0.15) is 29.0 Å². The van der Waals surface area contributed by atoms with Crippen LogP contribution in [0.25, 0.3) is 17.1 Å². The van der Waals surface area contributed by atoms with Gasteiger partial charge in [0.1, 0.15) is 18.4 Å². The predicted octanol–water partition coefficient (Wildman–Crippen LogP) is 4.40. The van der Waals surface area contributed by atoms with E-state index in [1.807, 2.05) is 5.32 Å². The Bertz CT molecular complexity index is 1730. The smallest absolute Gasteiger partial charge is 0.382 e. The van der Waals surface area contributed by atoms with Crippen molar-refractivity contribution in [3.8, 4) is 17.1 Å². The van der Waals surface area contributed by atoms with Gasteiger partial charge in [-0.25, -0.2) is 19.1 Å². The number of aliphatic hydroxyl groups excluding tert-OH is 1. The van der Waals surface area contributed by atoms with Crippen LogP contribution in [0.4, 0.5) is 26.3 Å². The number of alkyl halides is 6. The number of nitrogens with one attached hydrogen (secondary N) is 1. The molecule has 1 fully saturated rings. The Hall–Kier alpha value is -3.89. The van der Waals surface area contributed by atoms with Gasteiger partial charge in [0.25, 0.3) is 5.91 Å². The Morgan fingerprint density at radius 1 is 1.05 bits per heavy atom. The lowest BCUT2D eigenvalue weighted by Crippen LogP contribution is -2.48. The van der Waals surface area contributed by atoms with Crippen molar-refractivity contribution in [1.29, 1.82) is 0 Å². The van der Waals surface area contributed by atoms with Crippen molar-refractivity contribution in [3.63, 3.8) is 0 Å². The first kappa shape index (κ1) is 30.6. The third kappa shape index (κ3) is 6.12. The molecule has 2 N–H and O–H groups in total. The summed E-state index contributed by atoms with van der Waals surface area (Å²) in [6, 6.07) is 9.71. The van der Waals surface area contributed by atoms with Crippen LogP contribution in [0.5, 0.6) is 0 Å². The number of rotatable bonds is 8. The molecular formula is C25H19Cl2F6N7O3. The molecule has 43 heavy (non-hydrogen) atoms. The van der Waals surface area contributed by atoms with Gasteiger partial charge < -0.3 is 10.4 Å². The Morgan fingerprint density at radius 2 is 1.72 bits per heavy atom. The molecule has 5 rings (SSSR count). The molecule has 0 radical (unpaired) electrons. The summed E-state index contributed by atoms with van der Waals surface area (Å²) in [6.45, 7) is -1.62. The van der Waals surface area contributed by atoms with Crippen LogP contribution >= 0.6 is 23.2 Å². The van der Waals surface area contributed by atoms with Gasteiger partial charge in [0, 0.05) is 10.6 Å². The minimum absolute atomic E-state index is 0.0476. The van der Waals surface area contributed by atoms with Gasteiger partial charge in [0.2, 0.25) is 0 Å². The number of nitrogens with zero attached hydrogens (tertiary/aromatic N) is 6. The van der Waals surface area contributed by atoms with Crippen LogP contribution < -0.4 is 11.0 Å². The van der Waals surface area contributed by atoms with E-state index in [1.54, 1.807) is 0 Å². The first-order valence-electron chi connectivity index (χ1n) is 12.4. The van der Waals surface area contributed by atoms with Crippen molar-refractivity contribution in [2.24, 2.45) is 0 Å². The number of aliphatic hydroxyl groups is 1. The molecule has 4 aromatic rings. The van der Waals surface area contributed by atoms with Crippen LogP contribution in [0, 0.1) is 0 Å². The summed E-state index contributed by atoms with van der Waals surface area (Å²) in [6.07, 6.45) is -12.0. The van der Waals surface area contributed by atoms with Crippen molar-refractivity contribution in [2.45, 2.75) is 49.9 Å². The van der Waals surface area contributed by atoms with Crippen LogP contribution in [-0.4, -0.2) is 64.1 Å². The Morgan fingerprint density at radius 3 is 2.33 bits per heavy atom. The molecule has 0 bridgehead atoms. The molecule has 18 heteroatoms. The van der Waals surface area contributed by atoms with E-state index in [9.17, 15) is 41.0 Å². The first-order chi connectivity index (χ1) is 20.1. The van der Waals surface area contributed by atoms with Crippen molar-refractivity contribution in [3.05, 3.63) is 80.7 Å². The molecule has 1 amide bonds. The Labute approximate surface area is 247 Å². The molecule has 228 valence electrons. The normalized spacial score (nSPS) is 15.4. The van der Waals surface area contributed by atoms with Crippen molar-refractivity contribution in [2.75, 3.05) is 0 Å². The maximum absolute atomic E-state index is 13.4. The zero-order chi connectivity index (χ0) is 31.3. The third-order valence-corrected chi connectivity index (χ3v) is 7.25. The molecule has 1 aliphatic rings. The summed E-state index contributed by atoms with van der Waals surface area (Å²) in [7, 11) is 0. The molecule has 10 nitrogen and oxygen atoms in total. The van der Waals surface area contributed by atoms with Crippen LogP contribution in [0.3, 0.4) is 0 Å². The number of amides is 1. The number of carbonyl (C=O) groups excluding carboxylic acids is 1. The van der Waals surface area contributed by atoms with Gasteiger partial charge in [0.15, 0.2) is 17.8 Å². The first-order valence-corrected chi connectivity index (χ1v) is 13.1. The van der Waals surface area contributed by atoms with Gasteiger partial charge >= 0.3 is 18.0 Å². The van der Waals surface area contributed by atoms with Crippen LogP contribution in [0.2, 0.25) is 10.0 Å². The van der Waals surface area contributed by atoms with Gasteiger partial charge in [-0.3, -0.25) is 9.36 Å². The fraction of sp³-hybridized carbons (Fsp3) is 0.320. The van der Waals surface area contributed by atoms with E-state index < -0.39 is 48.7 Å². The molecule has 1 atom stereocenters. The molecule has 0 spiro atoms. The topological polar surface area (TPSA) is 120 Å². The maximum Gasteiger partial charge on any atom is 0.416 e. The van der Waals surface area contributed by atoms with E-state index >= 15 is 0 Å². The molecule has 0 aliphatic heterocycles. The summed E-state index contributed by atoms with van der Waals surface area (Å²) >= 11 is 12.2. The summed E-state index contributed by atoms with van der Waals surface area (Å²) in [5, 5.41) is 20.2. The maximum atomic E-state index is 13.4. The minimum Gasteiger partial charge on any atom is -0.382 e. The highest BCUT2D eigenvalue weighted by molar-refractivity contribution is 6.33. The average Bonchev–Trinajstić information content (AvgIpc) is 3.48. The van der Waals surface area contributed by atoms with Crippen LogP contribution in [0.15, 0.2) is 53.6 Å². The quantitative estimate of drug-likeness (QED) is 0.273. The summed E-state index contributed by atoms with van der Waals surface area (Å²) < 4.78 is 82.1. The molecule has 1 aliphatic carbocycles. The van der Waals surface area contributed by atoms with Gasteiger partial charge in [-0.05, 0) is 49.2 Å². The number of halogens is 8. The lowest BCUT2D eigenvalue weighted by atomic mass is 10.1. The molecule has 2 aromatic carbocycles. The van der Waals surface area contributed by atoms with Crippen molar-refractivity contribution < 1.29 is 36.2 Å². The zero-order valence-corrected chi connectivity index (χ0v) is 23.0. The number of para-hydroxylation sites is 1. The fourth-order valence-corrected chi connectivity index (χ4v) is 4.62. The van der Waals surface area contributed by atoms with E-state index in [0.29, 0.717) is 9.59 Å². The monoisotopic (exact) mass is 649 g/mol. The molecule has 2 aromatic heterocycles. The third-order valence-electron chi connectivity index (χ3n) is 6.70. The fourth-order valence-electron chi connectivity index (χ4n) is 4.23. The number of hydrogen-bond acceptors (Lipinski definition) is 6. The molecule has 1 unspecified atom stereocenters. The number of hydrogen-bond donors (Lipinski definition) is 2. The van der Waals surface area contributed by atoms with Gasteiger partial charge in [-0.2, -0.15) is 26.3 Å². The lowest BCUT2D eigenvalue weighted by molar-refractivity contribution is -0.207. The van der Waals surface area contributed by atoms with Crippen LogP contribution in [-0.2, 0) is 13.1 Å². The van der Waals surface area contributed by atoms with E-state index in [0.717, 1.165) is 15.7 Å². The second-order valence-corrected chi connectivity index (χ2v) is 10.6. The Balaban J connectivity index is 1.47. The molecule has 2 heterocycles. The van der Waals surface area contributed by atoms with Crippen molar-refractivity contribution >= 4 is 29.1 Å². The minimum atomic E-state index is -5.02. The number of carbonyl (C=O) groups is 1. The van der Waals surface area contributed by atoms with Gasteiger partial charge in [0.05, 0.1) is 22.8 Å². The van der Waals surface area contributed by atoms with E-state index in [4.69, 9.17) is 23.2 Å². The molecular weight excluding hydrogens is 631 g/mol.